The van der Waals surface area contributed by atoms with E-state index in [4.69, 9.17) is 0 Å². The third-order valence-corrected chi connectivity index (χ3v) is 3.52. The van der Waals surface area contributed by atoms with Gasteiger partial charge in [0, 0.05) is 24.8 Å². The first kappa shape index (κ1) is 12.6. The lowest BCUT2D eigenvalue weighted by atomic mass is 10.2. The number of fused-ring (bicyclic) bond motifs is 1. The summed E-state index contributed by atoms with van der Waals surface area (Å²) in [6.45, 7) is 2.94. The highest BCUT2D eigenvalue weighted by atomic mass is 16.2. The number of nitrogens with zero attached hydrogens (tertiary/aromatic N) is 3. The van der Waals surface area contributed by atoms with Gasteiger partial charge >= 0.3 is 0 Å². The molecular weight excluding hydrogens is 254 g/mol. The molecule has 0 saturated heterocycles. The molecule has 2 heterocycles. The van der Waals surface area contributed by atoms with Gasteiger partial charge in [-0.05, 0) is 31.0 Å². The van der Waals surface area contributed by atoms with Crippen LogP contribution in [0.15, 0.2) is 41.2 Å². The van der Waals surface area contributed by atoms with Gasteiger partial charge in [-0.15, -0.1) is 0 Å². The summed E-state index contributed by atoms with van der Waals surface area (Å²) in [6.07, 6.45) is 0.856. The summed E-state index contributed by atoms with van der Waals surface area (Å²) in [5.41, 5.74) is 2.23. The Morgan fingerprint density at radius 3 is 2.85 bits per heavy atom. The van der Waals surface area contributed by atoms with E-state index in [0.717, 1.165) is 12.1 Å². The van der Waals surface area contributed by atoms with Gasteiger partial charge in [0.25, 0.3) is 11.5 Å². The Morgan fingerprint density at radius 1 is 1.25 bits per heavy atom. The highest BCUT2D eigenvalue weighted by Gasteiger charge is 2.26. The minimum Gasteiger partial charge on any atom is -0.306 e. The van der Waals surface area contributed by atoms with E-state index >= 15 is 0 Å². The van der Waals surface area contributed by atoms with Gasteiger partial charge in [0.1, 0.15) is 5.69 Å². The lowest BCUT2D eigenvalue weighted by molar-refractivity contribution is 0.0982. The smallest absolute Gasteiger partial charge is 0.278 e. The molecule has 5 heteroatoms. The summed E-state index contributed by atoms with van der Waals surface area (Å²) >= 11 is 0. The molecule has 1 aromatic heterocycles. The Hall–Kier alpha value is -2.43. The molecule has 0 N–H and O–H groups in total. The number of rotatable bonds is 2. The lowest BCUT2D eigenvalue weighted by Crippen LogP contribution is -2.32. The van der Waals surface area contributed by atoms with E-state index in [1.807, 2.05) is 31.2 Å². The molecule has 3 rings (SSSR count). The van der Waals surface area contributed by atoms with Gasteiger partial charge in [0.05, 0.1) is 0 Å². The molecule has 0 unspecified atom stereocenters. The van der Waals surface area contributed by atoms with Gasteiger partial charge in [0.15, 0.2) is 0 Å². The van der Waals surface area contributed by atoms with Crippen molar-refractivity contribution in [3.8, 4) is 0 Å². The maximum Gasteiger partial charge on any atom is 0.278 e. The van der Waals surface area contributed by atoms with Gasteiger partial charge in [0.2, 0.25) is 0 Å². The fraction of sp³-hybridized carbons (Fsp3) is 0.267. The van der Waals surface area contributed by atoms with Crippen LogP contribution in [0.1, 0.15) is 23.0 Å². The van der Waals surface area contributed by atoms with E-state index < -0.39 is 0 Å². The predicted octanol–water partition coefficient (Wildman–Crippen LogP) is 1.47. The fourth-order valence-corrected chi connectivity index (χ4v) is 2.48. The second kappa shape index (κ2) is 4.92. The third kappa shape index (κ3) is 2.01. The van der Waals surface area contributed by atoms with Crippen molar-refractivity contribution in [2.75, 3.05) is 11.4 Å². The third-order valence-electron chi connectivity index (χ3n) is 3.52. The molecule has 0 spiro atoms. The normalized spacial score (nSPS) is 13.3. The van der Waals surface area contributed by atoms with Crippen LogP contribution < -0.4 is 10.5 Å². The first-order chi connectivity index (χ1) is 9.70. The van der Waals surface area contributed by atoms with Crippen LogP contribution in [0.2, 0.25) is 0 Å². The molecule has 0 saturated carbocycles. The topological polar surface area (TPSA) is 55.2 Å². The Balaban J connectivity index is 1.96. The predicted molar refractivity (Wildman–Crippen MR) is 76.0 cm³/mol. The van der Waals surface area contributed by atoms with Crippen molar-refractivity contribution in [1.29, 1.82) is 0 Å². The molecule has 1 aliphatic heterocycles. The summed E-state index contributed by atoms with van der Waals surface area (Å²) in [5.74, 6) is -0.155. The zero-order valence-corrected chi connectivity index (χ0v) is 11.2. The molecule has 1 aliphatic rings. The Bertz CT molecular complexity index is 721. The number of carbonyl (C=O) groups excluding carboxylic acids is 1. The molecule has 102 valence electrons. The molecule has 0 radical (unpaired) electrons. The second-order valence-electron chi connectivity index (χ2n) is 4.71. The maximum absolute atomic E-state index is 12.5. The maximum atomic E-state index is 12.5. The minimum absolute atomic E-state index is 0.155. The Labute approximate surface area is 116 Å². The van der Waals surface area contributed by atoms with Crippen LogP contribution >= 0.6 is 0 Å². The first-order valence-electron chi connectivity index (χ1n) is 6.68. The van der Waals surface area contributed by atoms with Gasteiger partial charge in [-0.1, -0.05) is 18.2 Å². The Morgan fingerprint density at radius 2 is 2.05 bits per heavy atom. The molecule has 2 aromatic rings. The van der Waals surface area contributed by atoms with Crippen molar-refractivity contribution in [3.63, 3.8) is 0 Å². The van der Waals surface area contributed by atoms with Gasteiger partial charge in [-0.2, -0.15) is 5.10 Å². The van der Waals surface area contributed by atoms with Gasteiger partial charge in [-0.25, -0.2) is 4.68 Å². The standard InChI is InChI=1S/C15H15N3O2/c1-2-18-14(19)8-7-12(16-18)15(20)17-10-9-11-5-3-4-6-13(11)17/h3-8H,2,9-10H2,1H3. The van der Waals surface area contributed by atoms with Crippen LogP contribution in [0.3, 0.4) is 0 Å². The number of amides is 1. The average molecular weight is 269 g/mol. The number of aromatic nitrogens is 2. The van der Waals surface area contributed by atoms with Crippen LogP contribution in [0.5, 0.6) is 0 Å². The van der Waals surface area contributed by atoms with Crippen LogP contribution in [-0.4, -0.2) is 22.2 Å². The molecule has 5 nitrogen and oxygen atoms in total. The largest absolute Gasteiger partial charge is 0.306 e. The lowest BCUT2D eigenvalue weighted by Gasteiger charge is -2.17. The fourth-order valence-electron chi connectivity index (χ4n) is 2.48. The molecule has 1 amide bonds. The van der Waals surface area contributed by atoms with Crippen molar-refractivity contribution in [2.45, 2.75) is 19.9 Å². The van der Waals surface area contributed by atoms with Crippen molar-refractivity contribution >= 4 is 11.6 Å². The monoisotopic (exact) mass is 269 g/mol. The summed E-state index contributed by atoms with van der Waals surface area (Å²) < 4.78 is 1.30. The Kier molecular flexibility index (Phi) is 3.10. The molecule has 0 fully saturated rings. The van der Waals surface area contributed by atoms with E-state index in [-0.39, 0.29) is 11.5 Å². The quantitative estimate of drug-likeness (QED) is 0.829. The molecule has 1 aromatic carbocycles. The van der Waals surface area contributed by atoms with Gasteiger partial charge in [-0.3, -0.25) is 9.59 Å². The van der Waals surface area contributed by atoms with E-state index in [2.05, 4.69) is 5.10 Å². The number of hydrogen-bond acceptors (Lipinski definition) is 3. The van der Waals surface area contributed by atoms with Gasteiger partial charge < -0.3 is 4.90 Å². The zero-order valence-electron chi connectivity index (χ0n) is 11.2. The second-order valence-corrected chi connectivity index (χ2v) is 4.71. The minimum atomic E-state index is -0.189. The van der Waals surface area contributed by atoms with E-state index in [9.17, 15) is 9.59 Å². The van der Waals surface area contributed by atoms with E-state index in [1.165, 1.54) is 22.4 Å². The molecule has 20 heavy (non-hydrogen) atoms. The van der Waals surface area contributed by atoms with Crippen molar-refractivity contribution < 1.29 is 4.79 Å². The highest BCUT2D eigenvalue weighted by molar-refractivity contribution is 6.05. The number of aryl methyl sites for hydroxylation is 1. The van der Waals surface area contributed by atoms with Crippen molar-refractivity contribution in [3.05, 3.63) is 58.0 Å². The van der Waals surface area contributed by atoms with Crippen LogP contribution in [-0.2, 0) is 13.0 Å². The summed E-state index contributed by atoms with van der Waals surface area (Å²) in [6, 6.07) is 10.8. The van der Waals surface area contributed by atoms with Crippen molar-refractivity contribution in [1.82, 2.24) is 9.78 Å². The summed E-state index contributed by atoms with van der Waals surface area (Å²) in [5, 5.41) is 4.12. The summed E-state index contributed by atoms with van der Waals surface area (Å²) in [4.78, 5) is 25.8. The van der Waals surface area contributed by atoms with Crippen LogP contribution in [0, 0.1) is 0 Å². The number of para-hydroxylation sites is 1. The molecule has 0 aliphatic carbocycles. The molecule has 0 atom stereocenters. The SMILES string of the molecule is CCn1nc(C(=O)N2CCc3ccccc32)ccc1=O. The number of benzene rings is 1. The average Bonchev–Trinajstić information content (AvgIpc) is 2.91. The van der Waals surface area contributed by atoms with E-state index in [1.54, 1.807) is 4.90 Å². The number of anilines is 1. The van der Waals surface area contributed by atoms with E-state index in [0.29, 0.717) is 18.8 Å². The number of hydrogen-bond donors (Lipinski definition) is 0. The van der Waals surface area contributed by atoms with Crippen LogP contribution in [0.4, 0.5) is 5.69 Å². The molecule has 0 bridgehead atoms. The highest BCUT2D eigenvalue weighted by Crippen LogP contribution is 2.28. The molecular formula is C15H15N3O2. The number of carbonyl (C=O) groups is 1. The zero-order chi connectivity index (χ0) is 14.1. The van der Waals surface area contributed by atoms with Crippen molar-refractivity contribution in [2.24, 2.45) is 0 Å². The first-order valence-corrected chi connectivity index (χ1v) is 6.68. The van der Waals surface area contributed by atoms with Crippen LogP contribution in [0.25, 0.3) is 0 Å². The summed E-state index contributed by atoms with van der Waals surface area (Å²) in [7, 11) is 0.